The topological polar surface area (TPSA) is 36.9 Å². The summed E-state index contributed by atoms with van der Waals surface area (Å²) in [6, 6.07) is 8.06. The van der Waals surface area contributed by atoms with E-state index >= 15 is 0 Å². The van der Waals surface area contributed by atoms with Crippen LogP contribution in [0.15, 0.2) is 34.9 Å². The van der Waals surface area contributed by atoms with Crippen LogP contribution < -0.4 is 0 Å². The average Bonchev–Trinajstić information content (AvgIpc) is 2.75. The summed E-state index contributed by atoms with van der Waals surface area (Å²) in [6.45, 7) is 0. The lowest BCUT2D eigenvalue weighted by Crippen LogP contribution is -1.89. The van der Waals surface area contributed by atoms with Crippen molar-refractivity contribution in [2.75, 3.05) is 0 Å². The zero-order chi connectivity index (χ0) is 10.8. The summed E-state index contributed by atoms with van der Waals surface area (Å²) in [5.74, 6) is -0.268. The van der Waals surface area contributed by atoms with Gasteiger partial charge in [-0.2, -0.15) is 5.26 Å². The van der Waals surface area contributed by atoms with Gasteiger partial charge in [0.15, 0.2) is 5.82 Å². The highest BCUT2D eigenvalue weighted by atomic mass is 35.5. The molecule has 0 atom stereocenters. The number of halogens is 2. The molecule has 2 aromatic rings. The van der Waals surface area contributed by atoms with Crippen LogP contribution in [0.1, 0.15) is 5.56 Å². The van der Waals surface area contributed by atoms with E-state index in [1.165, 1.54) is 12.3 Å². The molecular weight excluding hydrogens is 217 g/mol. The Balaban J connectivity index is 2.69. The van der Waals surface area contributed by atoms with Crippen molar-refractivity contribution in [1.82, 2.24) is 0 Å². The molecule has 0 bridgehead atoms. The van der Waals surface area contributed by atoms with E-state index in [1.54, 1.807) is 24.3 Å². The molecule has 1 aromatic carbocycles. The molecule has 0 fully saturated rings. The molecular formula is C11H5ClFNO. The van der Waals surface area contributed by atoms with Gasteiger partial charge in [-0.05, 0) is 24.3 Å². The van der Waals surface area contributed by atoms with Crippen LogP contribution in [0.2, 0.25) is 5.02 Å². The van der Waals surface area contributed by atoms with Crippen LogP contribution in [0.4, 0.5) is 4.39 Å². The first-order valence-corrected chi connectivity index (χ1v) is 4.54. The van der Waals surface area contributed by atoms with E-state index in [9.17, 15) is 4.39 Å². The Morgan fingerprint density at radius 3 is 2.73 bits per heavy atom. The van der Waals surface area contributed by atoms with Gasteiger partial charge in [-0.1, -0.05) is 11.6 Å². The predicted molar refractivity (Wildman–Crippen MR) is 53.8 cm³/mol. The lowest BCUT2D eigenvalue weighted by Gasteiger charge is -2.02. The van der Waals surface area contributed by atoms with Crippen molar-refractivity contribution in [2.45, 2.75) is 0 Å². The van der Waals surface area contributed by atoms with Crippen LogP contribution in [0.3, 0.4) is 0 Å². The standard InChI is InChI=1S/C11H5ClFNO/c12-9-4-3-7(8(6-14)11(9)13)10-2-1-5-15-10/h1-5H. The highest BCUT2D eigenvalue weighted by Gasteiger charge is 2.14. The van der Waals surface area contributed by atoms with Crippen LogP contribution in [-0.2, 0) is 0 Å². The maximum Gasteiger partial charge on any atom is 0.160 e. The van der Waals surface area contributed by atoms with Crippen molar-refractivity contribution in [3.63, 3.8) is 0 Å². The Kier molecular flexibility index (Phi) is 2.44. The van der Waals surface area contributed by atoms with Gasteiger partial charge < -0.3 is 4.42 Å². The van der Waals surface area contributed by atoms with Crippen LogP contribution >= 0.6 is 11.6 Å². The normalized spacial score (nSPS) is 9.93. The minimum Gasteiger partial charge on any atom is -0.464 e. The van der Waals surface area contributed by atoms with E-state index in [2.05, 4.69) is 0 Å². The van der Waals surface area contributed by atoms with E-state index in [0.29, 0.717) is 11.3 Å². The van der Waals surface area contributed by atoms with Gasteiger partial charge in [0.05, 0.1) is 11.3 Å². The van der Waals surface area contributed by atoms with Crippen molar-refractivity contribution < 1.29 is 8.81 Å². The number of hydrogen-bond acceptors (Lipinski definition) is 2. The van der Waals surface area contributed by atoms with Crippen molar-refractivity contribution in [3.8, 4) is 17.4 Å². The Labute approximate surface area is 90.5 Å². The molecule has 2 rings (SSSR count). The number of nitrogens with zero attached hydrogens (tertiary/aromatic N) is 1. The molecule has 0 aliphatic carbocycles. The second kappa shape index (κ2) is 3.76. The van der Waals surface area contributed by atoms with Gasteiger partial charge in [0.2, 0.25) is 0 Å². The molecule has 2 nitrogen and oxygen atoms in total. The predicted octanol–water partition coefficient (Wildman–Crippen LogP) is 3.61. The van der Waals surface area contributed by atoms with Crippen LogP contribution in [-0.4, -0.2) is 0 Å². The molecule has 0 saturated carbocycles. The van der Waals surface area contributed by atoms with Gasteiger partial charge in [-0.15, -0.1) is 0 Å². The zero-order valence-electron chi connectivity index (χ0n) is 7.50. The molecule has 0 aliphatic rings. The van der Waals surface area contributed by atoms with E-state index in [4.69, 9.17) is 21.3 Å². The van der Waals surface area contributed by atoms with E-state index in [1.807, 2.05) is 0 Å². The summed E-state index contributed by atoms with van der Waals surface area (Å²) in [5.41, 5.74) is 0.307. The number of furan rings is 1. The maximum absolute atomic E-state index is 13.5. The van der Waals surface area contributed by atoms with E-state index < -0.39 is 5.82 Å². The molecule has 0 radical (unpaired) electrons. The summed E-state index contributed by atoms with van der Waals surface area (Å²) >= 11 is 5.57. The van der Waals surface area contributed by atoms with Crippen molar-refractivity contribution >= 4 is 11.6 Å². The summed E-state index contributed by atoms with van der Waals surface area (Å²) < 4.78 is 18.6. The minimum atomic E-state index is -0.715. The number of rotatable bonds is 1. The summed E-state index contributed by atoms with van der Waals surface area (Å²) in [4.78, 5) is 0. The molecule has 0 amide bonds. The van der Waals surface area contributed by atoms with Crippen molar-refractivity contribution in [3.05, 3.63) is 46.9 Å². The Morgan fingerprint density at radius 1 is 1.33 bits per heavy atom. The Morgan fingerprint density at radius 2 is 2.13 bits per heavy atom. The molecule has 1 aromatic heterocycles. The summed E-state index contributed by atoms with van der Waals surface area (Å²) in [7, 11) is 0. The summed E-state index contributed by atoms with van der Waals surface area (Å²) in [5, 5.41) is 8.76. The Hall–Kier alpha value is -1.79. The molecule has 0 aliphatic heterocycles. The maximum atomic E-state index is 13.5. The quantitative estimate of drug-likeness (QED) is 0.738. The fourth-order valence-electron chi connectivity index (χ4n) is 1.30. The van der Waals surface area contributed by atoms with E-state index in [0.717, 1.165) is 0 Å². The Bertz CT molecular complexity index is 528. The molecule has 0 saturated heterocycles. The van der Waals surface area contributed by atoms with Gasteiger partial charge in [0, 0.05) is 5.56 Å². The third kappa shape index (κ3) is 1.60. The van der Waals surface area contributed by atoms with Crippen LogP contribution in [0, 0.1) is 17.1 Å². The van der Waals surface area contributed by atoms with Gasteiger partial charge in [0.25, 0.3) is 0 Å². The molecule has 0 unspecified atom stereocenters. The highest BCUT2D eigenvalue weighted by Crippen LogP contribution is 2.29. The number of benzene rings is 1. The molecule has 15 heavy (non-hydrogen) atoms. The van der Waals surface area contributed by atoms with Gasteiger partial charge in [-0.3, -0.25) is 0 Å². The first-order chi connectivity index (χ1) is 7.24. The molecule has 74 valence electrons. The smallest absolute Gasteiger partial charge is 0.160 e. The number of nitriles is 1. The second-order valence-corrected chi connectivity index (χ2v) is 3.28. The van der Waals surface area contributed by atoms with Crippen LogP contribution in [0.25, 0.3) is 11.3 Å². The molecule has 0 spiro atoms. The lowest BCUT2D eigenvalue weighted by atomic mass is 10.1. The third-order valence-corrected chi connectivity index (χ3v) is 2.29. The fraction of sp³-hybridized carbons (Fsp3) is 0. The van der Waals surface area contributed by atoms with Crippen molar-refractivity contribution in [1.29, 1.82) is 5.26 Å². The first kappa shape index (κ1) is 9.75. The lowest BCUT2D eigenvalue weighted by molar-refractivity contribution is 0.579. The van der Waals surface area contributed by atoms with Crippen molar-refractivity contribution in [2.24, 2.45) is 0 Å². The zero-order valence-corrected chi connectivity index (χ0v) is 8.25. The van der Waals surface area contributed by atoms with Crippen LogP contribution in [0.5, 0.6) is 0 Å². The number of hydrogen-bond donors (Lipinski definition) is 0. The first-order valence-electron chi connectivity index (χ1n) is 4.16. The average molecular weight is 222 g/mol. The fourth-order valence-corrected chi connectivity index (χ4v) is 1.45. The van der Waals surface area contributed by atoms with Gasteiger partial charge >= 0.3 is 0 Å². The highest BCUT2D eigenvalue weighted by molar-refractivity contribution is 6.31. The molecule has 4 heteroatoms. The SMILES string of the molecule is N#Cc1c(-c2ccco2)ccc(Cl)c1F. The molecule has 1 heterocycles. The monoisotopic (exact) mass is 221 g/mol. The van der Waals surface area contributed by atoms with Gasteiger partial charge in [-0.25, -0.2) is 4.39 Å². The van der Waals surface area contributed by atoms with E-state index in [-0.39, 0.29) is 10.6 Å². The second-order valence-electron chi connectivity index (χ2n) is 2.87. The summed E-state index contributed by atoms with van der Waals surface area (Å²) in [6.07, 6.45) is 1.46. The largest absolute Gasteiger partial charge is 0.464 e. The van der Waals surface area contributed by atoms with Gasteiger partial charge in [0.1, 0.15) is 17.4 Å². The minimum absolute atomic E-state index is 0.0677. The third-order valence-electron chi connectivity index (χ3n) is 1.99. The molecule has 0 N–H and O–H groups in total.